The number of carbonyl (C=O) groups excluding carboxylic acids is 2. The van der Waals surface area contributed by atoms with Gasteiger partial charge in [0.15, 0.2) is 5.69 Å². The van der Waals surface area contributed by atoms with Gasteiger partial charge < -0.3 is 10.2 Å². The largest absolute Gasteiger partial charge is 0.337 e. The minimum Gasteiger partial charge on any atom is -0.337 e. The second kappa shape index (κ2) is 8.47. The molecule has 2 heterocycles. The number of carbonyl (C=O) groups is 2. The molecule has 0 atom stereocenters. The third kappa shape index (κ3) is 3.88. The summed E-state index contributed by atoms with van der Waals surface area (Å²) in [5.74, 6) is 0.0181. The Morgan fingerprint density at radius 1 is 1.10 bits per heavy atom. The van der Waals surface area contributed by atoms with Gasteiger partial charge in [0, 0.05) is 25.0 Å². The van der Waals surface area contributed by atoms with E-state index in [0.717, 1.165) is 16.8 Å². The quantitative estimate of drug-likeness (QED) is 0.672. The SMILES string of the molecule is CCN(CC)C(=O)c1nc(C(=O)Nc2c(C)cccc2C(C)C)c2ccccn12. The summed E-state index contributed by atoms with van der Waals surface area (Å²) >= 11 is 0. The van der Waals surface area contributed by atoms with E-state index in [1.807, 2.05) is 57.2 Å². The number of rotatable bonds is 6. The van der Waals surface area contributed by atoms with E-state index < -0.39 is 0 Å². The second-order valence-electron chi connectivity index (χ2n) is 7.37. The van der Waals surface area contributed by atoms with Gasteiger partial charge in [0.05, 0.1) is 5.52 Å². The third-order valence-corrected chi connectivity index (χ3v) is 5.17. The van der Waals surface area contributed by atoms with Crippen molar-refractivity contribution in [2.75, 3.05) is 18.4 Å². The maximum atomic E-state index is 13.2. The molecule has 0 aliphatic carbocycles. The monoisotopic (exact) mass is 392 g/mol. The standard InChI is InChI=1S/C23H28N4O2/c1-6-26(7-2)23(29)21-24-20(18-13-8-9-14-27(18)21)22(28)25-19-16(5)11-10-12-17(19)15(3)4/h8-15H,6-7H2,1-5H3,(H,25,28). The molecule has 0 aliphatic rings. The Morgan fingerprint density at radius 2 is 1.83 bits per heavy atom. The number of anilines is 1. The molecular weight excluding hydrogens is 364 g/mol. The summed E-state index contributed by atoms with van der Waals surface area (Å²) < 4.78 is 1.69. The number of nitrogens with zero attached hydrogens (tertiary/aromatic N) is 3. The van der Waals surface area contributed by atoms with Crippen LogP contribution in [0.2, 0.25) is 0 Å². The number of hydrogen-bond donors (Lipinski definition) is 1. The molecule has 0 spiro atoms. The molecule has 1 aromatic carbocycles. The summed E-state index contributed by atoms with van der Waals surface area (Å²) in [6.07, 6.45) is 1.77. The molecule has 0 unspecified atom stereocenters. The van der Waals surface area contributed by atoms with Crippen molar-refractivity contribution in [3.63, 3.8) is 0 Å². The van der Waals surface area contributed by atoms with Gasteiger partial charge in [0.25, 0.3) is 11.8 Å². The topological polar surface area (TPSA) is 66.7 Å². The number of aromatic nitrogens is 2. The highest BCUT2D eigenvalue weighted by molar-refractivity contribution is 6.09. The normalized spacial score (nSPS) is 11.1. The summed E-state index contributed by atoms with van der Waals surface area (Å²) in [6, 6.07) is 11.5. The Labute approximate surface area is 171 Å². The highest BCUT2D eigenvalue weighted by Gasteiger charge is 2.24. The van der Waals surface area contributed by atoms with E-state index in [2.05, 4.69) is 24.1 Å². The highest BCUT2D eigenvalue weighted by atomic mass is 16.2. The van der Waals surface area contributed by atoms with Gasteiger partial charge in [-0.05, 0) is 49.9 Å². The van der Waals surface area contributed by atoms with E-state index >= 15 is 0 Å². The van der Waals surface area contributed by atoms with E-state index in [1.165, 1.54) is 0 Å². The fourth-order valence-electron chi connectivity index (χ4n) is 3.52. The zero-order valence-corrected chi connectivity index (χ0v) is 17.7. The van der Waals surface area contributed by atoms with Gasteiger partial charge in [-0.2, -0.15) is 0 Å². The summed E-state index contributed by atoms with van der Waals surface area (Å²) in [7, 11) is 0. The zero-order chi connectivity index (χ0) is 21.1. The molecule has 0 aliphatic heterocycles. The van der Waals surface area contributed by atoms with Gasteiger partial charge in [0.2, 0.25) is 5.82 Å². The van der Waals surface area contributed by atoms with Crippen LogP contribution in [0.15, 0.2) is 42.6 Å². The number of benzene rings is 1. The lowest BCUT2D eigenvalue weighted by Crippen LogP contribution is -2.32. The van der Waals surface area contributed by atoms with E-state index in [9.17, 15) is 9.59 Å². The number of fused-ring (bicyclic) bond motifs is 1. The molecule has 6 nitrogen and oxygen atoms in total. The molecule has 0 fully saturated rings. The lowest BCUT2D eigenvalue weighted by Gasteiger charge is -2.17. The number of imidazole rings is 1. The summed E-state index contributed by atoms with van der Waals surface area (Å²) in [5, 5.41) is 3.04. The van der Waals surface area contributed by atoms with Crippen LogP contribution in [-0.4, -0.2) is 39.2 Å². The van der Waals surface area contributed by atoms with Crippen molar-refractivity contribution in [1.82, 2.24) is 14.3 Å². The summed E-state index contributed by atoms with van der Waals surface area (Å²) in [4.78, 5) is 32.3. The molecule has 2 aromatic heterocycles. The van der Waals surface area contributed by atoms with Crippen LogP contribution in [0.3, 0.4) is 0 Å². The van der Waals surface area contributed by atoms with Gasteiger partial charge in [-0.3, -0.25) is 14.0 Å². The number of para-hydroxylation sites is 1. The molecule has 2 amide bonds. The Morgan fingerprint density at radius 3 is 2.48 bits per heavy atom. The van der Waals surface area contributed by atoms with E-state index in [4.69, 9.17) is 0 Å². The zero-order valence-electron chi connectivity index (χ0n) is 17.7. The van der Waals surface area contributed by atoms with Crippen molar-refractivity contribution < 1.29 is 9.59 Å². The number of hydrogen-bond acceptors (Lipinski definition) is 3. The first kappa shape index (κ1) is 20.6. The van der Waals surface area contributed by atoms with Crippen molar-refractivity contribution >= 4 is 23.0 Å². The molecule has 3 aromatic rings. The Balaban J connectivity index is 2.05. The molecule has 0 bridgehead atoms. The summed E-state index contributed by atoms with van der Waals surface area (Å²) in [6.45, 7) is 11.2. The second-order valence-corrected chi connectivity index (χ2v) is 7.37. The van der Waals surface area contributed by atoms with Crippen molar-refractivity contribution in [2.45, 2.75) is 40.5 Å². The van der Waals surface area contributed by atoms with Crippen LogP contribution in [0, 0.1) is 6.92 Å². The molecular formula is C23H28N4O2. The molecule has 0 saturated carbocycles. The van der Waals surface area contributed by atoms with Gasteiger partial charge >= 0.3 is 0 Å². The van der Waals surface area contributed by atoms with Crippen molar-refractivity contribution in [3.8, 4) is 0 Å². The van der Waals surface area contributed by atoms with Gasteiger partial charge in [-0.15, -0.1) is 0 Å². The predicted octanol–water partition coefficient (Wildman–Crippen LogP) is 4.50. The molecule has 152 valence electrons. The van der Waals surface area contributed by atoms with Crippen LogP contribution in [0.4, 0.5) is 5.69 Å². The maximum absolute atomic E-state index is 13.2. The van der Waals surface area contributed by atoms with Crippen LogP contribution in [-0.2, 0) is 0 Å². The number of aryl methyl sites for hydroxylation is 1. The van der Waals surface area contributed by atoms with E-state index in [1.54, 1.807) is 15.5 Å². The number of amides is 2. The first-order valence-corrected chi connectivity index (χ1v) is 10.1. The van der Waals surface area contributed by atoms with Crippen molar-refractivity contribution in [2.24, 2.45) is 0 Å². The lowest BCUT2D eigenvalue weighted by molar-refractivity contribution is 0.0760. The van der Waals surface area contributed by atoms with Crippen LogP contribution in [0.5, 0.6) is 0 Å². The Bertz CT molecular complexity index is 1050. The number of nitrogens with one attached hydrogen (secondary N) is 1. The average molecular weight is 393 g/mol. The average Bonchev–Trinajstić information content (AvgIpc) is 3.10. The molecule has 3 rings (SSSR count). The van der Waals surface area contributed by atoms with Gasteiger partial charge in [-0.25, -0.2) is 4.98 Å². The van der Waals surface area contributed by atoms with Crippen molar-refractivity contribution in [3.05, 3.63) is 65.2 Å². The predicted molar refractivity (Wildman–Crippen MR) is 116 cm³/mol. The Hall–Kier alpha value is -3.15. The lowest BCUT2D eigenvalue weighted by atomic mass is 9.98. The highest BCUT2D eigenvalue weighted by Crippen LogP contribution is 2.28. The number of pyridine rings is 1. The molecule has 6 heteroatoms. The van der Waals surface area contributed by atoms with Crippen LogP contribution >= 0.6 is 0 Å². The van der Waals surface area contributed by atoms with E-state index in [0.29, 0.717) is 18.6 Å². The Kier molecular flexibility index (Phi) is 6.01. The van der Waals surface area contributed by atoms with Gasteiger partial charge in [0.1, 0.15) is 0 Å². The van der Waals surface area contributed by atoms with Gasteiger partial charge in [-0.1, -0.05) is 38.1 Å². The smallest absolute Gasteiger partial charge is 0.290 e. The van der Waals surface area contributed by atoms with Crippen LogP contribution in [0.1, 0.15) is 65.8 Å². The molecule has 29 heavy (non-hydrogen) atoms. The fourth-order valence-corrected chi connectivity index (χ4v) is 3.52. The van der Waals surface area contributed by atoms with E-state index in [-0.39, 0.29) is 29.3 Å². The molecule has 1 N–H and O–H groups in total. The first-order valence-electron chi connectivity index (χ1n) is 10.1. The van der Waals surface area contributed by atoms with Crippen LogP contribution in [0.25, 0.3) is 5.52 Å². The maximum Gasteiger partial charge on any atom is 0.290 e. The summed E-state index contributed by atoms with van der Waals surface area (Å²) in [5.41, 5.74) is 3.73. The third-order valence-electron chi connectivity index (χ3n) is 5.17. The van der Waals surface area contributed by atoms with Crippen molar-refractivity contribution in [1.29, 1.82) is 0 Å². The molecule has 0 radical (unpaired) electrons. The minimum absolute atomic E-state index is 0.186. The first-order chi connectivity index (χ1) is 13.9. The minimum atomic E-state index is -0.316. The van der Waals surface area contributed by atoms with Crippen LogP contribution < -0.4 is 5.32 Å². The fraction of sp³-hybridized carbons (Fsp3) is 0.348. The molecule has 0 saturated heterocycles.